The van der Waals surface area contributed by atoms with E-state index < -0.39 is 0 Å². The van der Waals surface area contributed by atoms with E-state index in [0.717, 1.165) is 42.4 Å². The molecule has 1 amide bonds. The van der Waals surface area contributed by atoms with E-state index in [1.54, 1.807) is 0 Å². The Morgan fingerprint density at radius 1 is 1.61 bits per heavy atom. The van der Waals surface area contributed by atoms with Crippen molar-refractivity contribution in [3.05, 3.63) is 22.4 Å². The second-order valence-corrected chi connectivity index (χ2v) is 5.73. The van der Waals surface area contributed by atoms with Gasteiger partial charge < -0.3 is 14.6 Å². The molecule has 0 saturated carbocycles. The van der Waals surface area contributed by atoms with E-state index in [9.17, 15) is 4.79 Å². The van der Waals surface area contributed by atoms with Crippen LogP contribution in [-0.4, -0.2) is 39.7 Å². The number of hydrogen-bond acceptors (Lipinski definition) is 2. The quantitative estimate of drug-likeness (QED) is 0.925. The average molecular weight is 315 g/mol. The lowest BCUT2D eigenvalue weighted by Crippen LogP contribution is -2.36. The van der Waals surface area contributed by atoms with Crippen LogP contribution in [0.15, 0.2) is 16.7 Å². The number of aliphatic hydroxyl groups excluding tert-OH is 1. The van der Waals surface area contributed by atoms with Gasteiger partial charge in [0.2, 0.25) is 0 Å². The maximum Gasteiger partial charge on any atom is 0.270 e. The molecule has 18 heavy (non-hydrogen) atoms. The summed E-state index contributed by atoms with van der Waals surface area (Å²) in [6.45, 7) is 1.03. The van der Waals surface area contributed by atoms with Gasteiger partial charge >= 0.3 is 0 Å². The fraction of sp³-hybridized carbons (Fsp3) is 0.615. The lowest BCUT2D eigenvalue weighted by Gasteiger charge is -2.24. The summed E-state index contributed by atoms with van der Waals surface area (Å²) in [5, 5.41) is 8.90. The fourth-order valence-corrected chi connectivity index (χ4v) is 3.14. The molecule has 1 atom stereocenters. The summed E-state index contributed by atoms with van der Waals surface area (Å²) >= 11 is 3.39. The summed E-state index contributed by atoms with van der Waals surface area (Å²) in [6.07, 6.45) is 5.68. The first-order valence-corrected chi connectivity index (χ1v) is 7.16. The maximum atomic E-state index is 12.5. The Kier molecular flexibility index (Phi) is 4.45. The lowest BCUT2D eigenvalue weighted by molar-refractivity contribution is 0.0715. The van der Waals surface area contributed by atoms with Crippen LogP contribution in [0.1, 0.15) is 36.2 Å². The van der Waals surface area contributed by atoms with Crippen LogP contribution in [0.2, 0.25) is 0 Å². The minimum atomic E-state index is 0.101. The van der Waals surface area contributed by atoms with Crippen LogP contribution in [0, 0.1) is 0 Å². The number of hydrogen-bond donors (Lipinski definition) is 1. The Bertz CT molecular complexity index is 431. The zero-order valence-electron chi connectivity index (χ0n) is 10.6. The van der Waals surface area contributed by atoms with Crippen LogP contribution in [0.25, 0.3) is 0 Å². The molecule has 2 heterocycles. The summed E-state index contributed by atoms with van der Waals surface area (Å²) in [5.74, 6) is 0.101. The third-order valence-electron chi connectivity index (χ3n) is 3.52. The van der Waals surface area contributed by atoms with Gasteiger partial charge in [0.05, 0.1) is 0 Å². The molecule has 0 aliphatic carbocycles. The monoisotopic (exact) mass is 314 g/mol. The Morgan fingerprint density at radius 2 is 2.39 bits per heavy atom. The van der Waals surface area contributed by atoms with Crippen LogP contribution in [0.5, 0.6) is 0 Å². The van der Waals surface area contributed by atoms with Gasteiger partial charge in [0.25, 0.3) is 5.91 Å². The van der Waals surface area contributed by atoms with E-state index >= 15 is 0 Å². The predicted octanol–water partition coefficient (Wildman–Crippen LogP) is 2.16. The number of halogens is 1. The van der Waals surface area contributed by atoms with Gasteiger partial charge in [0.1, 0.15) is 5.69 Å². The summed E-state index contributed by atoms with van der Waals surface area (Å²) in [4.78, 5) is 14.4. The molecule has 0 aromatic carbocycles. The SMILES string of the molecule is Cn1cc(Br)cc1C(=O)N1CCCC1CCCO. The van der Waals surface area contributed by atoms with E-state index in [4.69, 9.17) is 5.11 Å². The van der Waals surface area contributed by atoms with Crippen molar-refractivity contribution in [2.75, 3.05) is 13.2 Å². The van der Waals surface area contributed by atoms with Gasteiger partial charge in [-0.3, -0.25) is 4.79 Å². The number of amides is 1. The maximum absolute atomic E-state index is 12.5. The molecule has 4 nitrogen and oxygen atoms in total. The minimum absolute atomic E-state index is 0.101. The molecule has 0 bridgehead atoms. The summed E-state index contributed by atoms with van der Waals surface area (Å²) in [5.41, 5.74) is 0.720. The molecule has 1 aliphatic heterocycles. The van der Waals surface area contributed by atoms with Crippen molar-refractivity contribution < 1.29 is 9.90 Å². The highest BCUT2D eigenvalue weighted by molar-refractivity contribution is 9.10. The Balaban J connectivity index is 2.10. The molecule has 1 N–H and O–H groups in total. The van der Waals surface area contributed by atoms with Crippen LogP contribution in [-0.2, 0) is 7.05 Å². The van der Waals surface area contributed by atoms with E-state index in [0.29, 0.717) is 6.04 Å². The zero-order valence-corrected chi connectivity index (χ0v) is 12.2. The van der Waals surface area contributed by atoms with Crippen LogP contribution < -0.4 is 0 Å². The first-order chi connectivity index (χ1) is 8.63. The molecule has 1 unspecified atom stereocenters. The van der Waals surface area contributed by atoms with Crippen LogP contribution in [0.4, 0.5) is 0 Å². The number of aliphatic hydroxyl groups is 1. The van der Waals surface area contributed by atoms with Gasteiger partial charge in [-0.05, 0) is 47.7 Å². The minimum Gasteiger partial charge on any atom is -0.396 e. The molecule has 100 valence electrons. The second kappa shape index (κ2) is 5.89. The third-order valence-corrected chi connectivity index (χ3v) is 3.96. The number of likely N-dealkylation sites (tertiary alicyclic amines) is 1. The molecule has 0 radical (unpaired) electrons. The largest absolute Gasteiger partial charge is 0.396 e. The van der Waals surface area contributed by atoms with Gasteiger partial charge in [-0.2, -0.15) is 0 Å². The van der Waals surface area contributed by atoms with Crippen molar-refractivity contribution >= 4 is 21.8 Å². The number of carbonyl (C=O) groups excluding carboxylic acids is 1. The van der Waals surface area contributed by atoms with Crippen LogP contribution >= 0.6 is 15.9 Å². The summed E-state index contributed by atoms with van der Waals surface area (Å²) < 4.78 is 2.79. The van der Waals surface area contributed by atoms with E-state index in [1.807, 2.05) is 28.8 Å². The number of aromatic nitrogens is 1. The van der Waals surface area contributed by atoms with Gasteiger partial charge in [0, 0.05) is 36.9 Å². The molecular formula is C13H19BrN2O2. The summed E-state index contributed by atoms with van der Waals surface area (Å²) in [6, 6.07) is 2.15. The molecule has 1 saturated heterocycles. The molecular weight excluding hydrogens is 296 g/mol. The molecule has 2 rings (SSSR count). The summed E-state index contributed by atoms with van der Waals surface area (Å²) in [7, 11) is 1.89. The number of aryl methyl sites for hydroxylation is 1. The number of carbonyl (C=O) groups is 1. The highest BCUT2D eigenvalue weighted by Gasteiger charge is 2.30. The van der Waals surface area contributed by atoms with E-state index in [1.165, 1.54) is 0 Å². The van der Waals surface area contributed by atoms with Gasteiger partial charge in [-0.25, -0.2) is 0 Å². The predicted molar refractivity (Wildman–Crippen MR) is 73.5 cm³/mol. The van der Waals surface area contributed by atoms with Crippen molar-refractivity contribution in [1.82, 2.24) is 9.47 Å². The highest BCUT2D eigenvalue weighted by atomic mass is 79.9. The zero-order chi connectivity index (χ0) is 13.1. The standard InChI is InChI=1S/C13H19BrN2O2/c1-15-9-10(14)8-12(15)13(18)16-6-2-4-11(16)5-3-7-17/h8-9,11,17H,2-7H2,1H3. The molecule has 0 spiro atoms. The second-order valence-electron chi connectivity index (χ2n) is 4.81. The van der Waals surface area contributed by atoms with Gasteiger partial charge in [0.15, 0.2) is 0 Å². The van der Waals surface area contributed by atoms with Crippen LogP contribution in [0.3, 0.4) is 0 Å². The smallest absolute Gasteiger partial charge is 0.270 e. The first kappa shape index (κ1) is 13.6. The van der Waals surface area contributed by atoms with Crippen molar-refractivity contribution in [3.8, 4) is 0 Å². The normalized spacial score (nSPS) is 19.5. The lowest BCUT2D eigenvalue weighted by atomic mass is 10.1. The molecule has 1 aromatic heterocycles. The molecule has 1 aliphatic rings. The van der Waals surface area contributed by atoms with Crippen molar-refractivity contribution in [1.29, 1.82) is 0 Å². The molecule has 1 aromatic rings. The average Bonchev–Trinajstić information content (AvgIpc) is 2.92. The van der Waals surface area contributed by atoms with E-state index in [-0.39, 0.29) is 12.5 Å². The molecule has 1 fully saturated rings. The van der Waals surface area contributed by atoms with E-state index in [2.05, 4.69) is 15.9 Å². The highest BCUT2D eigenvalue weighted by Crippen LogP contribution is 2.24. The third kappa shape index (κ3) is 2.78. The van der Waals surface area contributed by atoms with Gasteiger partial charge in [-0.1, -0.05) is 0 Å². The van der Waals surface area contributed by atoms with Crippen molar-refractivity contribution in [2.45, 2.75) is 31.7 Å². The Hall–Kier alpha value is -0.810. The number of nitrogens with zero attached hydrogens (tertiary/aromatic N) is 2. The first-order valence-electron chi connectivity index (χ1n) is 6.37. The molecule has 5 heteroatoms. The fourth-order valence-electron chi connectivity index (χ4n) is 2.61. The number of rotatable bonds is 4. The van der Waals surface area contributed by atoms with Gasteiger partial charge in [-0.15, -0.1) is 0 Å². The van der Waals surface area contributed by atoms with Crippen molar-refractivity contribution in [2.24, 2.45) is 7.05 Å². The van der Waals surface area contributed by atoms with Crippen molar-refractivity contribution in [3.63, 3.8) is 0 Å². The Morgan fingerprint density at radius 3 is 3.00 bits per heavy atom. The topological polar surface area (TPSA) is 45.5 Å². The Labute approximate surface area is 116 Å².